The summed E-state index contributed by atoms with van der Waals surface area (Å²) in [6, 6.07) is 3.51. The highest BCUT2D eigenvalue weighted by atomic mass is 35.5. The first-order valence-electron chi connectivity index (χ1n) is 5.52. The Labute approximate surface area is 117 Å². The molecule has 0 spiro atoms. The Hall–Kier alpha value is -0.900. The van der Waals surface area contributed by atoms with Gasteiger partial charge in [-0.3, -0.25) is 0 Å². The van der Waals surface area contributed by atoms with E-state index in [2.05, 4.69) is 6.58 Å². The van der Waals surface area contributed by atoms with Gasteiger partial charge >= 0.3 is 0 Å². The van der Waals surface area contributed by atoms with Gasteiger partial charge in [-0.25, -0.2) is 0 Å². The molecular weight excluding hydrogens is 273 g/mol. The smallest absolute Gasteiger partial charge is 0.165 e. The van der Waals surface area contributed by atoms with Crippen LogP contribution in [0.15, 0.2) is 23.7 Å². The van der Waals surface area contributed by atoms with Crippen LogP contribution in [0.5, 0.6) is 11.5 Å². The van der Waals surface area contributed by atoms with Crippen LogP contribution in [-0.4, -0.2) is 19.8 Å². The molecule has 1 rings (SSSR count). The highest BCUT2D eigenvalue weighted by Crippen LogP contribution is 2.35. The molecular formula is C13H17Cl2NO2. The number of nitrogens with two attached hydrogens (primary N) is 1. The average molecular weight is 290 g/mol. The van der Waals surface area contributed by atoms with Crippen LogP contribution in [-0.2, 0) is 6.42 Å². The SMILES string of the molecule is C=C(Cl)COc1c(CC(C)N)cc(Cl)cc1OC. The van der Waals surface area contributed by atoms with Crippen molar-refractivity contribution in [2.24, 2.45) is 5.73 Å². The van der Waals surface area contributed by atoms with E-state index in [0.29, 0.717) is 28.0 Å². The Morgan fingerprint density at radius 3 is 2.67 bits per heavy atom. The minimum absolute atomic E-state index is 0.00488. The molecule has 100 valence electrons. The summed E-state index contributed by atoms with van der Waals surface area (Å²) in [7, 11) is 1.56. The van der Waals surface area contributed by atoms with E-state index in [0.717, 1.165) is 5.56 Å². The quantitative estimate of drug-likeness (QED) is 0.873. The van der Waals surface area contributed by atoms with E-state index in [1.165, 1.54) is 0 Å². The number of halogens is 2. The number of ether oxygens (including phenoxy) is 2. The Morgan fingerprint density at radius 2 is 2.17 bits per heavy atom. The summed E-state index contributed by atoms with van der Waals surface area (Å²) in [6.45, 7) is 5.71. The third-order valence-electron chi connectivity index (χ3n) is 2.23. The number of hydrogen-bond acceptors (Lipinski definition) is 3. The maximum absolute atomic E-state index is 6.03. The van der Waals surface area contributed by atoms with E-state index in [1.54, 1.807) is 13.2 Å². The van der Waals surface area contributed by atoms with Crippen molar-refractivity contribution < 1.29 is 9.47 Å². The molecule has 2 N–H and O–H groups in total. The average Bonchev–Trinajstić information content (AvgIpc) is 2.25. The Morgan fingerprint density at radius 1 is 1.50 bits per heavy atom. The summed E-state index contributed by atoms with van der Waals surface area (Å²) in [5.74, 6) is 1.18. The van der Waals surface area contributed by atoms with Gasteiger partial charge in [-0.05, 0) is 19.4 Å². The molecule has 0 aliphatic carbocycles. The largest absolute Gasteiger partial charge is 0.493 e. The van der Waals surface area contributed by atoms with Gasteiger partial charge < -0.3 is 15.2 Å². The molecule has 0 amide bonds. The maximum atomic E-state index is 6.03. The van der Waals surface area contributed by atoms with Crippen molar-refractivity contribution >= 4 is 23.2 Å². The molecule has 18 heavy (non-hydrogen) atoms. The second-order valence-electron chi connectivity index (χ2n) is 4.08. The van der Waals surface area contributed by atoms with Gasteiger partial charge in [0, 0.05) is 27.7 Å². The first-order valence-corrected chi connectivity index (χ1v) is 6.27. The lowest BCUT2D eigenvalue weighted by molar-refractivity contribution is 0.320. The first-order chi connectivity index (χ1) is 8.43. The van der Waals surface area contributed by atoms with Gasteiger partial charge in [-0.15, -0.1) is 0 Å². The maximum Gasteiger partial charge on any atom is 0.165 e. The van der Waals surface area contributed by atoms with Crippen molar-refractivity contribution in [1.82, 2.24) is 0 Å². The summed E-state index contributed by atoms with van der Waals surface area (Å²) >= 11 is 11.7. The molecule has 1 aromatic carbocycles. The number of rotatable bonds is 6. The fourth-order valence-electron chi connectivity index (χ4n) is 1.59. The topological polar surface area (TPSA) is 44.5 Å². The van der Waals surface area contributed by atoms with E-state index >= 15 is 0 Å². The highest BCUT2D eigenvalue weighted by molar-refractivity contribution is 6.31. The monoisotopic (exact) mass is 289 g/mol. The zero-order valence-electron chi connectivity index (χ0n) is 10.5. The van der Waals surface area contributed by atoms with Crippen LogP contribution >= 0.6 is 23.2 Å². The molecule has 0 saturated heterocycles. The summed E-state index contributed by atoms with van der Waals surface area (Å²) in [6.07, 6.45) is 0.640. The van der Waals surface area contributed by atoms with E-state index in [9.17, 15) is 0 Å². The normalized spacial score (nSPS) is 12.1. The molecule has 1 aromatic rings. The van der Waals surface area contributed by atoms with Gasteiger partial charge in [0.15, 0.2) is 11.5 Å². The standard InChI is InChI=1S/C13H17Cl2NO2/c1-8(14)7-18-13-10(4-9(2)16)5-11(15)6-12(13)17-3/h5-6,9H,1,4,7,16H2,2-3H3. The molecule has 1 unspecified atom stereocenters. The van der Waals surface area contributed by atoms with Gasteiger partial charge in [0.2, 0.25) is 0 Å². The number of hydrogen-bond donors (Lipinski definition) is 1. The molecule has 0 aliphatic heterocycles. The van der Waals surface area contributed by atoms with Crippen LogP contribution in [0.4, 0.5) is 0 Å². The van der Waals surface area contributed by atoms with E-state index < -0.39 is 0 Å². The van der Waals surface area contributed by atoms with Crippen molar-refractivity contribution in [3.8, 4) is 11.5 Å². The van der Waals surface area contributed by atoms with Gasteiger partial charge in [-0.1, -0.05) is 29.8 Å². The van der Waals surface area contributed by atoms with Gasteiger partial charge in [-0.2, -0.15) is 0 Å². The molecule has 0 radical (unpaired) electrons. The van der Waals surface area contributed by atoms with Crippen molar-refractivity contribution in [2.45, 2.75) is 19.4 Å². The summed E-state index contributed by atoms with van der Waals surface area (Å²) in [4.78, 5) is 0. The molecule has 5 heteroatoms. The zero-order valence-corrected chi connectivity index (χ0v) is 12.0. The highest BCUT2D eigenvalue weighted by Gasteiger charge is 2.14. The lowest BCUT2D eigenvalue weighted by Crippen LogP contribution is -2.18. The van der Waals surface area contributed by atoms with Crippen LogP contribution in [0.25, 0.3) is 0 Å². The molecule has 3 nitrogen and oxygen atoms in total. The zero-order chi connectivity index (χ0) is 13.7. The van der Waals surface area contributed by atoms with Crippen molar-refractivity contribution in [3.63, 3.8) is 0 Å². The molecule has 0 aromatic heterocycles. The predicted octanol–water partition coefficient (Wildman–Crippen LogP) is 3.37. The number of methoxy groups -OCH3 is 1. The fraction of sp³-hybridized carbons (Fsp3) is 0.385. The molecule has 0 heterocycles. The summed E-state index contributed by atoms with van der Waals surface area (Å²) < 4.78 is 10.9. The van der Waals surface area contributed by atoms with Crippen LogP contribution in [0.3, 0.4) is 0 Å². The summed E-state index contributed by atoms with van der Waals surface area (Å²) in [5.41, 5.74) is 6.70. The third-order valence-corrected chi connectivity index (χ3v) is 2.56. The van der Waals surface area contributed by atoms with Crippen molar-refractivity contribution in [1.29, 1.82) is 0 Å². The Kier molecular flexibility index (Phi) is 5.79. The van der Waals surface area contributed by atoms with Gasteiger partial charge in [0.1, 0.15) is 6.61 Å². The minimum Gasteiger partial charge on any atom is -0.493 e. The van der Waals surface area contributed by atoms with Crippen LogP contribution in [0.2, 0.25) is 5.02 Å². The Bertz CT molecular complexity index is 433. The number of benzene rings is 1. The van der Waals surface area contributed by atoms with Crippen molar-refractivity contribution in [2.75, 3.05) is 13.7 Å². The van der Waals surface area contributed by atoms with Crippen LogP contribution in [0.1, 0.15) is 12.5 Å². The molecule has 0 fully saturated rings. The predicted molar refractivity (Wildman–Crippen MR) is 75.8 cm³/mol. The Balaban J connectivity index is 3.10. The molecule has 0 bridgehead atoms. The lowest BCUT2D eigenvalue weighted by Gasteiger charge is -2.16. The minimum atomic E-state index is -0.00488. The molecule has 0 aliphatic rings. The van der Waals surface area contributed by atoms with E-state index in [1.807, 2.05) is 13.0 Å². The van der Waals surface area contributed by atoms with Crippen LogP contribution in [0, 0.1) is 0 Å². The molecule has 1 atom stereocenters. The lowest BCUT2D eigenvalue weighted by atomic mass is 10.1. The first kappa shape index (κ1) is 15.2. The molecule has 0 saturated carbocycles. The fourth-order valence-corrected chi connectivity index (χ4v) is 1.87. The van der Waals surface area contributed by atoms with Gasteiger partial charge in [0.05, 0.1) is 7.11 Å². The van der Waals surface area contributed by atoms with Gasteiger partial charge in [0.25, 0.3) is 0 Å². The van der Waals surface area contributed by atoms with Crippen molar-refractivity contribution in [3.05, 3.63) is 34.3 Å². The third kappa shape index (κ3) is 4.41. The van der Waals surface area contributed by atoms with E-state index in [4.69, 9.17) is 38.4 Å². The van der Waals surface area contributed by atoms with E-state index in [-0.39, 0.29) is 12.6 Å². The summed E-state index contributed by atoms with van der Waals surface area (Å²) in [5, 5.41) is 0.998. The second-order valence-corrected chi connectivity index (χ2v) is 5.05. The second kappa shape index (κ2) is 6.88. The van der Waals surface area contributed by atoms with Crippen LogP contribution < -0.4 is 15.2 Å².